The minimum atomic E-state index is -0.783. The molecule has 3 atom stereocenters. The van der Waals surface area contributed by atoms with E-state index in [0.29, 0.717) is 19.3 Å². The van der Waals surface area contributed by atoms with Gasteiger partial charge in [-0.2, -0.15) is 0 Å². The number of amides is 1. The smallest absolute Gasteiger partial charge is 0.306 e. The molecule has 6 nitrogen and oxygen atoms in total. The lowest BCUT2D eigenvalue weighted by molar-refractivity contribution is -0.151. The molecule has 0 bridgehead atoms. The maximum absolute atomic E-state index is 13.1. The third kappa shape index (κ3) is 39.0. The predicted molar refractivity (Wildman–Crippen MR) is 236 cm³/mol. The second kappa shape index (κ2) is 43.5. The van der Waals surface area contributed by atoms with Crippen LogP contribution in [0.2, 0.25) is 0 Å². The Bertz CT molecular complexity index is 873. The van der Waals surface area contributed by atoms with E-state index in [4.69, 9.17) is 4.74 Å². The third-order valence-electron chi connectivity index (χ3n) is 11.0. The number of rotatable bonds is 43. The first-order valence-corrected chi connectivity index (χ1v) is 24.1. The first kappa shape index (κ1) is 53.3. The Balaban J connectivity index is 4.52. The molecule has 0 radical (unpaired) electrons. The van der Waals surface area contributed by atoms with E-state index in [1.807, 2.05) is 0 Å². The largest absolute Gasteiger partial charge is 0.462 e. The van der Waals surface area contributed by atoms with Crippen molar-refractivity contribution in [3.63, 3.8) is 0 Å². The van der Waals surface area contributed by atoms with Crippen molar-refractivity contribution in [2.75, 3.05) is 6.61 Å². The third-order valence-corrected chi connectivity index (χ3v) is 11.0. The van der Waals surface area contributed by atoms with Crippen LogP contribution in [0.3, 0.4) is 0 Å². The molecule has 0 rings (SSSR count). The number of aliphatic hydroxyl groups is 2. The molecule has 3 N–H and O–H groups in total. The molecule has 55 heavy (non-hydrogen) atoms. The fourth-order valence-corrected chi connectivity index (χ4v) is 7.41. The standard InChI is InChI=1S/C49H93NO5/c1-4-7-10-13-16-19-22-24-25-27-30-33-36-39-42-49(54)55-45(40-37-34-31-28-21-18-15-12-9-6-3)43-48(53)50-46(44-51)47(52)41-38-35-32-29-26-23-20-17-14-11-8-5-2/h7,10,16,19,45-47,51-52H,4-6,8-9,11-15,17-18,20-44H2,1-3H3,(H,50,53)/b10-7+,19-16+. The highest BCUT2D eigenvalue weighted by Gasteiger charge is 2.24. The maximum Gasteiger partial charge on any atom is 0.306 e. The van der Waals surface area contributed by atoms with Crippen LogP contribution < -0.4 is 5.32 Å². The van der Waals surface area contributed by atoms with Gasteiger partial charge in [-0.25, -0.2) is 0 Å². The van der Waals surface area contributed by atoms with Gasteiger partial charge in [0.15, 0.2) is 0 Å². The number of ether oxygens (including phenoxy) is 1. The van der Waals surface area contributed by atoms with Crippen LogP contribution in [-0.4, -0.2) is 46.9 Å². The molecule has 1 amide bonds. The Hall–Kier alpha value is -1.66. The minimum Gasteiger partial charge on any atom is -0.462 e. The van der Waals surface area contributed by atoms with Crippen LogP contribution in [0.1, 0.15) is 252 Å². The Kier molecular flexibility index (Phi) is 42.2. The van der Waals surface area contributed by atoms with E-state index >= 15 is 0 Å². The lowest BCUT2D eigenvalue weighted by Gasteiger charge is -2.24. The van der Waals surface area contributed by atoms with E-state index < -0.39 is 18.2 Å². The number of carbonyl (C=O) groups excluding carboxylic acids is 2. The van der Waals surface area contributed by atoms with Crippen molar-refractivity contribution in [3.8, 4) is 0 Å². The molecule has 0 aliphatic carbocycles. The Labute approximate surface area is 341 Å². The van der Waals surface area contributed by atoms with Gasteiger partial charge in [-0.1, -0.05) is 212 Å². The van der Waals surface area contributed by atoms with Crippen LogP contribution in [-0.2, 0) is 14.3 Å². The van der Waals surface area contributed by atoms with Crippen LogP contribution in [0, 0.1) is 0 Å². The van der Waals surface area contributed by atoms with E-state index in [0.717, 1.165) is 64.2 Å². The molecule has 0 aromatic rings. The summed E-state index contributed by atoms with van der Waals surface area (Å²) < 4.78 is 5.91. The molecule has 0 fully saturated rings. The molecule has 0 aliphatic rings. The van der Waals surface area contributed by atoms with Crippen molar-refractivity contribution in [3.05, 3.63) is 24.3 Å². The van der Waals surface area contributed by atoms with E-state index in [1.165, 1.54) is 141 Å². The summed E-state index contributed by atoms with van der Waals surface area (Å²) in [5.74, 6) is -0.474. The molecule has 0 spiro atoms. The second-order valence-corrected chi connectivity index (χ2v) is 16.5. The number of unbranched alkanes of at least 4 members (excludes halogenated alkanes) is 27. The summed E-state index contributed by atoms with van der Waals surface area (Å²) in [6.45, 7) is 6.37. The summed E-state index contributed by atoms with van der Waals surface area (Å²) in [6.07, 6.45) is 48.1. The molecule has 0 saturated carbocycles. The van der Waals surface area contributed by atoms with Crippen LogP contribution in [0.25, 0.3) is 0 Å². The Morgan fingerprint density at radius 1 is 0.545 bits per heavy atom. The summed E-state index contributed by atoms with van der Waals surface area (Å²) in [5.41, 5.74) is 0. The van der Waals surface area contributed by atoms with Crippen molar-refractivity contribution < 1.29 is 24.5 Å². The van der Waals surface area contributed by atoms with Gasteiger partial charge in [0.05, 0.1) is 25.2 Å². The van der Waals surface area contributed by atoms with Gasteiger partial charge < -0.3 is 20.3 Å². The van der Waals surface area contributed by atoms with Crippen molar-refractivity contribution in [2.45, 2.75) is 270 Å². The average molecular weight is 776 g/mol. The van der Waals surface area contributed by atoms with Crippen molar-refractivity contribution in [1.29, 1.82) is 0 Å². The second-order valence-electron chi connectivity index (χ2n) is 16.5. The van der Waals surface area contributed by atoms with Crippen molar-refractivity contribution >= 4 is 11.9 Å². The maximum atomic E-state index is 13.1. The summed E-state index contributed by atoms with van der Waals surface area (Å²) in [7, 11) is 0. The number of hydrogen-bond donors (Lipinski definition) is 3. The lowest BCUT2D eigenvalue weighted by atomic mass is 10.0. The molecule has 3 unspecified atom stereocenters. The number of aliphatic hydroxyl groups excluding tert-OH is 2. The fourth-order valence-electron chi connectivity index (χ4n) is 7.41. The zero-order valence-corrected chi connectivity index (χ0v) is 36.8. The van der Waals surface area contributed by atoms with Crippen LogP contribution >= 0.6 is 0 Å². The van der Waals surface area contributed by atoms with Crippen LogP contribution in [0.5, 0.6) is 0 Å². The molecule has 6 heteroatoms. The molecular formula is C49H93NO5. The zero-order chi connectivity index (χ0) is 40.3. The average Bonchev–Trinajstić information content (AvgIpc) is 3.18. The number of nitrogens with one attached hydrogen (secondary N) is 1. The first-order valence-electron chi connectivity index (χ1n) is 24.1. The minimum absolute atomic E-state index is 0.0790. The number of allylic oxidation sites excluding steroid dienone is 4. The highest BCUT2D eigenvalue weighted by molar-refractivity contribution is 5.77. The molecule has 0 aromatic carbocycles. The van der Waals surface area contributed by atoms with E-state index in [-0.39, 0.29) is 24.9 Å². The van der Waals surface area contributed by atoms with Gasteiger partial charge in [0.1, 0.15) is 6.10 Å². The van der Waals surface area contributed by atoms with Gasteiger partial charge in [0.2, 0.25) is 5.91 Å². The van der Waals surface area contributed by atoms with Gasteiger partial charge in [-0.05, 0) is 51.4 Å². The highest BCUT2D eigenvalue weighted by Crippen LogP contribution is 2.18. The van der Waals surface area contributed by atoms with Gasteiger partial charge >= 0.3 is 5.97 Å². The molecule has 0 aliphatic heterocycles. The summed E-state index contributed by atoms with van der Waals surface area (Å²) >= 11 is 0. The Morgan fingerprint density at radius 3 is 1.47 bits per heavy atom. The molecule has 0 heterocycles. The van der Waals surface area contributed by atoms with Gasteiger partial charge in [-0.3, -0.25) is 9.59 Å². The quantitative estimate of drug-likeness (QED) is 0.0326. The molecule has 324 valence electrons. The van der Waals surface area contributed by atoms with Crippen molar-refractivity contribution in [1.82, 2.24) is 5.32 Å². The molecule has 0 aromatic heterocycles. The molecule has 0 saturated heterocycles. The normalized spacial score (nSPS) is 13.5. The van der Waals surface area contributed by atoms with Crippen LogP contribution in [0.4, 0.5) is 0 Å². The SMILES string of the molecule is CC/C=C/C/C=C/CCCCCCCCCC(=O)OC(CCCCCCCCCCCC)CC(=O)NC(CO)C(O)CCCCCCCCCCCCCC. The zero-order valence-electron chi connectivity index (χ0n) is 36.8. The summed E-state index contributed by atoms with van der Waals surface area (Å²) in [6, 6.07) is -0.696. The molecular weight excluding hydrogens is 683 g/mol. The topological polar surface area (TPSA) is 95.9 Å². The summed E-state index contributed by atoms with van der Waals surface area (Å²) in [5, 5.41) is 23.7. The predicted octanol–water partition coefficient (Wildman–Crippen LogP) is 14.0. The van der Waals surface area contributed by atoms with E-state index in [1.54, 1.807) is 0 Å². The number of esters is 1. The Morgan fingerprint density at radius 2 is 0.982 bits per heavy atom. The van der Waals surface area contributed by atoms with Gasteiger partial charge in [0.25, 0.3) is 0 Å². The van der Waals surface area contributed by atoms with Gasteiger partial charge in [0, 0.05) is 6.42 Å². The number of hydrogen-bond acceptors (Lipinski definition) is 5. The highest BCUT2D eigenvalue weighted by atomic mass is 16.5. The monoisotopic (exact) mass is 776 g/mol. The van der Waals surface area contributed by atoms with E-state index in [9.17, 15) is 19.8 Å². The first-order chi connectivity index (χ1) is 27.0. The van der Waals surface area contributed by atoms with E-state index in [2.05, 4.69) is 50.4 Å². The van der Waals surface area contributed by atoms with Crippen LogP contribution in [0.15, 0.2) is 24.3 Å². The van der Waals surface area contributed by atoms with Crippen molar-refractivity contribution in [2.24, 2.45) is 0 Å². The fraction of sp³-hybridized carbons (Fsp3) is 0.878. The summed E-state index contributed by atoms with van der Waals surface area (Å²) in [4.78, 5) is 26.0. The number of carbonyl (C=O) groups is 2. The van der Waals surface area contributed by atoms with Gasteiger partial charge in [-0.15, -0.1) is 0 Å². The lowest BCUT2D eigenvalue weighted by Crippen LogP contribution is -2.46.